The Bertz CT molecular complexity index is 1020. The van der Waals surface area contributed by atoms with Crippen LogP contribution >= 0.6 is 0 Å². The van der Waals surface area contributed by atoms with Gasteiger partial charge in [0.1, 0.15) is 6.61 Å². The quantitative estimate of drug-likeness (QED) is 0.412. The molecular formula is C25H30N4O2. The minimum Gasteiger partial charge on any atom is -0.482 e. The van der Waals surface area contributed by atoms with E-state index in [0.717, 1.165) is 42.1 Å². The van der Waals surface area contributed by atoms with Gasteiger partial charge in [0.25, 0.3) is 0 Å². The second-order valence-electron chi connectivity index (χ2n) is 7.37. The smallest absolute Gasteiger partial charge is 0.180 e. The van der Waals surface area contributed by atoms with Gasteiger partial charge in [0, 0.05) is 18.2 Å². The molecule has 0 saturated heterocycles. The number of nitrogens with zero attached hydrogens (tertiary/aromatic N) is 3. The maximum absolute atomic E-state index is 9.30. The van der Waals surface area contributed by atoms with E-state index in [-0.39, 0.29) is 6.61 Å². The van der Waals surface area contributed by atoms with E-state index in [9.17, 15) is 5.11 Å². The highest BCUT2D eigenvalue weighted by atomic mass is 16.5. The maximum Gasteiger partial charge on any atom is 0.180 e. The fraction of sp³-hybridized carbons (Fsp3) is 0.320. The Labute approximate surface area is 183 Å². The van der Waals surface area contributed by atoms with Gasteiger partial charge in [-0.05, 0) is 42.5 Å². The maximum atomic E-state index is 9.30. The minimum absolute atomic E-state index is 0.181. The van der Waals surface area contributed by atoms with E-state index in [1.54, 1.807) is 12.3 Å². The first-order valence-corrected chi connectivity index (χ1v) is 10.7. The topological polar surface area (TPSA) is 80.2 Å². The summed E-state index contributed by atoms with van der Waals surface area (Å²) < 4.78 is 5.98. The highest BCUT2D eigenvalue weighted by molar-refractivity contribution is 5.81. The van der Waals surface area contributed by atoms with Gasteiger partial charge < -0.3 is 15.2 Å². The van der Waals surface area contributed by atoms with Crippen molar-refractivity contribution in [2.45, 2.75) is 39.2 Å². The molecule has 0 aliphatic heterocycles. The number of allylic oxidation sites excluding steroid dienone is 1. The third-order valence-electron chi connectivity index (χ3n) is 5.04. The highest BCUT2D eigenvalue weighted by Crippen LogP contribution is 2.23. The molecule has 6 nitrogen and oxygen atoms in total. The molecular weight excluding hydrogens is 388 g/mol. The van der Waals surface area contributed by atoms with Crippen molar-refractivity contribution in [1.82, 2.24) is 15.0 Å². The number of rotatable bonds is 12. The molecule has 6 heteroatoms. The fourth-order valence-corrected chi connectivity index (χ4v) is 3.28. The number of benzene rings is 1. The molecule has 3 aromatic rings. The van der Waals surface area contributed by atoms with Gasteiger partial charge in [-0.15, -0.1) is 0 Å². The zero-order chi connectivity index (χ0) is 21.9. The van der Waals surface area contributed by atoms with Crippen molar-refractivity contribution < 1.29 is 9.84 Å². The molecule has 0 fully saturated rings. The van der Waals surface area contributed by atoms with Gasteiger partial charge in [0.2, 0.25) is 0 Å². The van der Waals surface area contributed by atoms with Crippen molar-refractivity contribution in [3.63, 3.8) is 0 Å². The molecule has 2 N–H and O–H groups in total. The Kier molecular flexibility index (Phi) is 8.55. The van der Waals surface area contributed by atoms with E-state index in [1.807, 2.05) is 36.7 Å². The normalized spacial score (nSPS) is 12.2. The zero-order valence-electron chi connectivity index (χ0n) is 18.0. The molecule has 162 valence electrons. The van der Waals surface area contributed by atoms with E-state index >= 15 is 0 Å². The Morgan fingerprint density at radius 1 is 1.16 bits per heavy atom. The first-order valence-electron chi connectivity index (χ1n) is 10.7. The fourth-order valence-electron chi connectivity index (χ4n) is 3.28. The third kappa shape index (κ3) is 6.62. The van der Waals surface area contributed by atoms with Crippen molar-refractivity contribution in [2.24, 2.45) is 5.92 Å². The lowest BCUT2D eigenvalue weighted by atomic mass is 9.99. The SMILES string of the molecule is C=Cc1ncc(OCc2cc3ccccc3cn2)c(N/C=C/[C@H](CCO)CCCC)n1. The molecule has 0 saturated carbocycles. The van der Waals surface area contributed by atoms with Crippen LogP contribution in [0.1, 0.15) is 44.1 Å². The summed E-state index contributed by atoms with van der Waals surface area (Å²) in [5, 5.41) is 14.7. The van der Waals surface area contributed by atoms with Gasteiger partial charge in [0.05, 0.1) is 11.9 Å². The van der Waals surface area contributed by atoms with Gasteiger partial charge >= 0.3 is 0 Å². The number of fused-ring (bicyclic) bond motifs is 1. The molecule has 0 unspecified atom stereocenters. The summed E-state index contributed by atoms with van der Waals surface area (Å²) in [6, 6.07) is 10.1. The van der Waals surface area contributed by atoms with Crippen molar-refractivity contribution in [3.05, 3.63) is 73.1 Å². The van der Waals surface area contributed by atoms with Crippen LogP contribution in [-0.4, -0.2) is 26.7 Å². The van der Waals surface area contributed by atoms with Gasteiger partial charge in [-0.3, -0.25) is 4.98 Å². The number of hydrogen-bond acceptors (Lipinski definition) is 6. The minimum atomic E-state index is 0.181. The van der Waals surface area contributed by atoms with Crippen molar-refractivity contribution in [1.29, 1.82) is 0 Å². The van der Waals surface area contributed by atoms with Crippen molar-refractivity contribution in [2.75, 3.05) is 11.9 Å². The van der Waals surface area contributed by atoms with Crippen LogP contribution in [0, 0.1) is 5.92 Å². The molecule has 1 aromatic carbocycles. The summed E-state index contributed by atoms with van der Waals surface area (Å²) in [6.07, 6.45) is 13.1. The number of hydrogen-bond donors (Lipinski definition) is 2. The monoisotopic (exact) mass is 418 g/mol. The lowest BCUT2D eigenvalue weighted by Gasteiger charge is -2.12. The van der Waals surface area contributed by atoms with Crippen LogP contribution in [0.25, 0.3) is 16.8 Å². The summed E-state index contributed by atoms with van der Waals surface area (Å²) in [7, 11) is 0. The average Bonchev–Trinajstić information content (AvgIpc) is 2.81. The van der Waals surface area contributed by atoms with Crippen LogP contribution in [0.4, 0.5) is 5.82 Å². The van der Waals surface area contributed by atoms with Crippen LogP contribution in [0.2, 0.25) is 0 Å². The summed E-state index contributed by atoms with van der Waals surface area (Å²) in [5.41, 5.74) is 0.829. The number of unbranched alkanes of at least 4 members (excludes halogenated alkanes) is 1. The second kappa shape index (κ2) is 11.8. The number of pyridine rings is 1. The van der Waals surface area contributed by atoms with Crippen molar-refractivity contribution in [3.8, 4) is 5.75 Å². The molecule has 0 amide bonds. The lowest BCUT2D eigenvalue weighted by molar-refractivity contribution is 0.265. The molecule has 0 bridgehead atoms. The summed E-state index contributed by atoms with van der Waals surface area (Å²) in [6.45, 7) is 6.40. The lowest BCUT2D eigenvalue weighted by Crippen LogP contribution is -2.05. The largest absolute Gasteiger partial charge is 0.482 e. The molecule has 0 radical (unpaired) electrons. The summed E-state index contributed by atoms with van der Waals surface area (Å²) >= 11 is 0. The Morgan fingerprint density at radius 2 is 2.00 bits per heavy atom. The van der Waals surface area contributed by atoms with Gasteiger partial charge in [-0.25, -0.2) is 9.97 Å². The van der Waals surface area contributed by atoms with Gasteiger partial charge in [0.15, 0.2) is 17.4 Å². The Balaban J connectivity index is 1.71. The summed E-state index contributed by atoms with van der Waals surface area (Å²) in [4.78, 5) is 13.2. The van der Waals surface area contributed by atoms with Crippen LogP contribution in [0.5, 0.6) is 5.75 Å². The molecule has 0 aliphatic carbocycles. The number of aromatic nitrogens is 3. The third-order valence-corrected chi connectivity index (χ3v) is 5.04. The second-order valence-corrected chi connectivity index (χ2v) is 7.37. The van der Waals surface area contributed by atoms with E-state index in [1.165, 1.54) is 0 Å². The Morgan fingerprint density at radius 3 is 2.77 bits per heavy atom. The van der Waals surface area contributed by atoms with Crippen LogP contribution in [-0.2, 0) is 6.61 Å². The number of aliphatic hydroxyl groups excluding tert-OH is 1. The predicted molar refractivity (Wildman–Crippen MR) is 126 cm³/mol. The van der Waals surface area contributed by atoms with Crippen LogP contribution in [0.3, 0.4) is 0 Å². The Hall–Kier alpha value is -3.25. The molecule has 0 aliphatic rings. The number of nitrogens with one attached hydrogen (secondary N) is 1. The number of ether oxygens (including phenoxy) is 1. The van der Waals surface area contributed by atoms with E-state index < -0.39 is 0 Å². The first kappa shape index (κ1) is 22.4. The average molecular weight is 419 g/mol. The molecule has 2 heterocycles. The molecule has 31 heavy (non-hydrogen) atoms. The molecule has 1 atom stereocenters. The van der Waals surface area contributed by atoms with Gasteiger partial charge in [-0.2, -0.15) is 0 Å². The molecule has 0 spiro atoms. The predicted octanol–water partition coefficient (Wildman–Crippen LogP) is 5.36. The van der Waals surface area contributed by atoms with Gasteiger partial charge in [-0.1, -0.05) is 56.7 Å². The van der Waals surface area contributed by atoms with E-state index in [0.29, 0.717) is 29.9 Å². The number of aliphatic hydroxyl groups is 1. The standard InChI is InChI=1S/C25H30N4O2/c1-3-5-8-19(12-14-30)11-13-26-25-23(17-28-24(4-2)29-25)31-18-22-15-20-9-6-7-10-21(20)16-27-22/h4,6-7,9-11,13,15-17,19,30H,2-3,5,8,12,14,18H2,1H3,(H,26,28,29)/b13-11+/t19-/m1/s1. The highest BCUT2D eigenvalue weighted by Gasteiger charge is 2.09. The molecule has 3 rings (SSSR count). The van der Waals surface area contributed by atoms with E-state index in [2.05, 4.69) is 45.9 Å². The first-order chi connectivity index (χ1) is 15.2. The van der Waals surface area contributed by atoms with Crippen LogP contribution in [0.15, 0.2) is 61.6 Å². The summed E-state index contributed by atoms with van der Waals surface area (Å²) in [5.74, 6) is 1.95. The van der Waals surface area contributed by atoms with Crippen molar-refractivity contribution >= 4 is 22.7 Å². The van der Waals surface area contributed by atoms with Crippen LogP contribution < -0.4 is 10.1 Å². The van der Waals surface area contributed by atoms with E-state index in [4.69, 9.17) is 4.74 Å². The zero-order valence-corrected chi connectivity index (χ0v) is 18.0. The number of anilines is 1. The molecule has 2 aromatic heterocycles.